The number of carbonyl (C=O) groups is 3. The average molecular weight is 687 g/mol. The number of halogens is 1. The number of benzene rings is 2. The van der Waals surface area contributed by atoms with Crippen LogP contribution in [0.15, 0.2) is 48.5 Å². The number of nitrogens with two attached hydrogens (primary N) is 1. The van der Waals surface area contributed by atoms with Crippen LogP contribution in [0.3, 0.4) is 0 Å². The first kappa shape index (κ1) is 36.0. The van der Waals surface area contributed by atoms with E-state index < -0.39 is 34.7 Å². The molecule has 2 atom stereocenters. The van der Waals surface area contributed by atoms with Gasteiger partial charge in [-0.1, -0.05) is 46.9 Å². The van der Waals surface area contributed by atoms with Crippen LogP contribution in [0.1, 0.15) is 52.2 Å². The summed E-state index contributed by atoms with van der Waals surface area (Å²) in [6.07, 6.45) is 0.972. The maximum absolute atomic E-state index is 12.3. The number of hydrogen-bond donors (Lipinski definition) is 3. The van der Waals surface area contributed by atoms with Crippen LogP contribution >= 0.6 is 22.6 Å². The summed E-state index contributed by atoms with van der Waals surface area (Å²) in [7, 11) is 2.60. The number of phenolic OH excluding ortho intramolecular Hbond substituents is 1. The van der Waals surface area contributed by atoms with E-state index in [1.165, 1.54) is 14.2 Å². The van der Waals surface area contributed by atoms with E-state index in [0.717, 1.165) is 27.7 Å². The summed E-state index contributed by atoms with van der Waals surface area (Å²) in [5.41, 5.74) is 4.63. The summed E-state index contributed by atoms with van der Waals surface area (Å²) >= 11 is 2.31. The zero-order chi connectivity index (χ0) is 31.3. The van der Waals surface area contributed by atoms with Crippen molar-refractivity contribution in [2.75, 3.05) is 25.3 Å². The molecule has 2 unspecified atom stereocenters. The predicted molar refractivity (Wildman–Crippen MR) is 165 cm³/mol. The van der Waals surface area contributed by atoms with Crippen LogP contribution in [-0.2, 0) is 36.6 Å². The highest BCUT2D eigenvalue weighted by Crippen LogP contribution is 2.20. The molecule has 11 heteroatoms. The molecule has 2 aromatic carbocycles. The van der Waals surface area contributed by atoms with Gasteiger partial charge in [0.1, 0.15) is 28.2 Å². The van der Waals surface area contributed by atoms with Gasteiger partial charge in [0, 0.05) is 17.3 Å². The van der Waals surface area contributed by atoms with E-state index in [9.17, 15) is 14.4 Å². The first-order valence-corrected chi connectivity index (χ1v) is 14.6. The number of alkyl carbamates (subject to hydrolysis) is 1. The average Bonchev–Trinajstić information content (AvgIpc) is 2.89. The highest BCUT2D eigenvalue weighted by atomic mass is 127. The second kappa shape index (κ2) is 16.4. The Balaban J connectivity index is 0.000000474. The van der Waals surface area contributed by atoms with Gasteiger partial charge in [-0.25, -0.2) is 9.59 Å². The van der Waals surface area contributed by atoms with E-state index in [-0.39, 0.29) is 12.2 Å². The largest absolute Gasteiger partial charge is 0.508 e. The third-order valence-corrected chi connectivity index (χ3v) is 6.36. The van der Waals surface area contributed by atoms with Crippen molar-refractivity contribution in [2.24, 2.45) is 5.73 Å². The van der Waals surface area contributed by atoms with Crippen LogP contribution < -0.4 is 15.8 Å². The fourth-order valence-corrected chi connectivity index (χ4v) is 3.93. The second-order valence-electron chi connectivity index (χ2n) is 10.9. The van der Waals surface area contributed by atoms with E-state index in [1.54, 1.807) is 58.9 Å². The molecule has 2 rings (SSSR count). The van der Waals surface area contributed by atoms with Gasteiger partial charge in [-0.2, -0.15) is 0 Å². The minimum Gasteiger partial charge on any atom is -0.508 e. The normalized spacial score (nSPS) is 13.8. The lowest BCUT2D eigenvalue weighted by molar-refractivity contribution is -0.148. The molecule has 0 aliphatic carbocycles. The van der Waals surface area contributed by atoms with Crippen molar-refractivity contribution in [3.05, 3.63) is 59.7 Å². The number of ether oxygens (including phenoxy) is 4. The minimum atomic E-state index is -1.24. The SMILES string of the molecule is COC(=O)C(C)(Cc1ccc(OCCCI)cc1)NC(=O)OC(C)(C)C.COC(=O)C(C)(N)Cc1ccc(O)cc1. The Morgan fingerprint density at radius 2 is 1.37 bits per heavy atom. The standard InChI is InChI=1S/C19H28INO5.C11H15NO3/c1-18(2,3)26-17(23)21-19(4,16(22)24-5)13-14-7-9-15(10-8-14)25-12-6-11-20;1-11(12,10(14)15-2)7-8-3-5-9(13)6-4-8/h7-10H,6,11-13H2,1-5H3,(H,21,23);3-6,13H,7,12H2,1-2H3. The molecule has 0 bridgehead atoms. The molecule has 0 aromatic heterocycles. The predicted octanol–water partition coefficient (Wildman–Crippen LogP) is 4.71. The van der Waals surface area contributed by atoms with Crippen LogP contribution in [0.5, 0.6) is 11.5 Å². The zero-order valence-electron chi connectivity index (χ0n) is 24.9. The molecule has 1 amide bonds. The van der Waals surface area contributed by atoms with Gasteiger partial charge >= 0.3 is 18.0 Å². The van der Waals surface area contributed by atoms with Gasteiger partial charge in [-0.05, 0) is 76.4 Å². The number of alkyl halides is 1. The van der Waals surface area contributed by atoms with Crippen molar-refractivity contribution in [3.8, 4) is 11.5 Å². The van der Waals surface area contributed by atoms with Crippen LogP contribution in [0.4, 0.5) is 4.79 Å². The molecule has 2 aromatic rings. The molecule has 41 heavy (non-hydrogen) atoms. The molecule has 0 heterocycles. The summed E-state index contributed by atoms with van der Waals surface area (Å²) in [6.45, 7) is 9.19. The summed E-state index contributed by atoms with van der Waals surface area (Å²) in [6, 6.07) is 14.0. The highest BCUT2D eigenvalue weighted by molar-refractivity contribution is 14.1. The molecule has 10 nitrogen and oxygen atoms in total. The lowest BCUT2D eigenvalue weighted by Crippen LogP contribution is -2.55. The Bertz CT molecular complexity index is 1110. The molecule has 0 fully saturated rings. The number of carbonyl (C=O) groups excluding carboxylic acids is 3. The van der Waals surface area contributed by atoms with E-state index in [4.69, 9.17) is 25.1 Å². The maximum Gasteiger partial charge on any atom is 0.408 e. The number of nitrogens with one attached hydrogen (secondary N) is 1. The summed E-state index contributed by atoms with van der Waals surface area (Å²) < 4.78 is 21.4. The third-order valence-electron chi connectivity index (χ3n) is 5.60. The molecule has 0 radical (unpaired) electrons. The number of rotatable bonds is 11. The number of hydrogen-bond acceptors (Lipinski definition) is 9. The fourth-order valence-electron chi connectivity index (χ4n) is 3.62. The third kappa shape index (κ3) is 13.4. The van der Waals surface area contributed by atoms with Crippen molar-refractivity contribution in [3.63, 3.8) is 0 Å². The van der Waals surface area contributed by atoms with Gasteiger partial charge in [-0.3, -0.25) is 4.79 Å². The van der Waals surface area contributed by atoms with E-state index in [2.05, 4.69) is 32.6 Å². The van der Waals surface area contributed by atoms with E-state index >= 15 is 0 Å². The molecule has 0 saturated carbocycles. The lowest BCUT2D eigenvalue weighted by Gasteiger charge is -2.29. The quantitative estimate of drug-likeness (QED) is 0.101. The molecule has 228 valence electrons. The van der Waals surface area contributed by atoms with Gasteiger partial charge in [0.05, 0.1) is 20.8 Å². The Morgan fingerprint density at radius 3 is 1.85 bits per heavy atom. The van der Waals surface area contributed by atoms with Gasteiger partial charge in [0.15, 0.2) is 0 Å². The van der Waals surface area contributed by atoms with E-state index in [0.29, 0.717) is 13.0 Å². The molecule has 0 aliphatic heterocycles. The molecule has 0 saturated heterocycles. The lowest BCUT2D eigenvalue weighted by atomic mass is 9.93. The topological polar surface area (TPSA) is 146 Å². The zero-order valence-corrected chi connectivity index (χ0v) is 27.1. The molecule has 4 N–H and O–H groups in total. The number of aromatic hydroxyl groups is 1. The Labute approximate surface area is 256 Å². The van der Waals surface area contributed by atoms with Crippen molar-refractivity contribution in [1.82, 2.24) is 5.32 Å². The maximum atomic E-state index is 12.3. The molecule has 0 spiro atoms. The summed E-state index contributed by atoms with van der Waals surface area (Å²) in [5.74, 6) is -0.0182. The number of esters is 2. The van der Waals surface area contributed by atoms with Gasteiger partial charge in [0.25, 0.3) is 0 Å². The summed E-state index contributed by atoms with van der Waals surface area (Å²) in [4.78, 5) is 35.7. The Kier molecular flexibility index (Phi) is 14.4. The Morgan fingerprint density at radius 1 is 0.854 bits per heavy atom. The number of amides is 1. The van der Waals surface area contributed by atoms with Crippen molar-refractivity contribution in [2.45, 2.75) is 70.6 Å². The van der Waals surface area contributed by atoms with Gasteiger partial charge in [-0.15, -0.1) is 0 Å². The van der Waals surface area contributed by atoms with Crippen molar-refractivity contribution >= 4 is 40.6 Å². The molecular formula is C30H43IN2O8. The summed E-state index contributed by atoms with van der Waals surface area (Å²) in [5, 5.41) is 11.7. The monoisotopic (exact) mass is 686 g/mol. The minimum absolute atomic E-state index is 0.190. The molecular weight excluding hydrogens is 643 g/mol. The van der Waals surface area contributed by atoms with Crippen LogP contribution in [-0.4, -0.2) is 65.1 Å². The van der Waals surface area contributed by atoms with Gasteiger partial charge < -0.3 is 35.1 Å². The Hall–Kier alpha value is -3.06. The van der Waals surface area contributed by atoms with Crippen LogP contribution in [0, 0.1) is 0 Å². The van der Waals surface area contributed by atoms with Crippen LogP contribution in [0.2, 0.25) is 0 Å². The van der Waals surface area contributed by atoms with Crippen LogP contribution in [0.25, 0.3) is 0 Å². The second-order valence-corrected chi connectivity index (χ2v) is 12.0. The highest BCUT2D eigenvalue weighted by Gasteiger charge is 2.37. The fraction of sp³-hybridized carbons (Fsp3) is 0.500. The first-order chi connectivity index (χ1) is 19.0. The number of phenols is 1. The number of methoxy groups -OCH3 is 2. The van der Waals surface area contributed by atoms with E-state index in [1.807, 2.05) is 24.3 Å². The van der Waals surface area contributed by atoms with Crippen molar-refractivity contribution in [1.29, 1.82) is 0 Å². The van der Waals surface area contributed by atoms with Crippen molar-refractivity contribution < 1.29 is 38.4 Å². The molecule has 0 aliphatic rings. The van der Waals surface area contributed by atoms with Gasteiger partial charge in [0.2, 0.25) is 0 Å². The smallest absolute Gasteiger partial charge is 0.408 e. The first-order valence-electron chi connectivity index (χ1n) is 13.1.